The second-order valence-corrected chi connectivity index (χ2v) is 7.15. The third kappa shape index (κ3) is 3.70. The molecule has 1 saturated heterocycles. The third-order valence-electron chi connectivity index (χ3n) is 3.82. The van der Waals surface area contributed by atoms with Gasteiger partial charge in [-0.2, -0.15) is 0 Å². The van der Waals surface area contributed by atoms with Gasteiger partial charge in [-0.15, -0.1) is 0 Å². The van der Waals surface area contributed by atoms with Crippen molar-refractivity contribution >= 4 is 57.3 Å². The molecule has 0 spiro atoms. The number of amides is 1. The van der Waals surface area contributed by atoms with E-state index in [1.54, 1.807) is 0 Å². The number of carbonyl (C=O) groups is 1. The molecule has 1 heterocycles. The summed E-state index contributed by atoms with van der Waals surface area (Å²) in [4.78, 5) is 35.0. The highest BCUT2D eigenvalue weighted by atomic mass is 32.2. The summed E-state index contributed by atoms with van der Waals surface area (Å²) in [6.45, 7) is 0. The summed E-state index contributed by atoms with van der Waals surface area (Å²) >= 11 is 6.28. The lowest BCUT2D eigenvalue weighted by atomic mass is 10.1. The van der Waals surface area contributed by atoms with Crippen LogP contribution in [0.3, 0.4) is 0 Å². The Morgan fingerprint density at radius 1 is 1.07 bits per heavy atom. The Hall–Kier alpha value is -3.31. The minimum atomic E-state index is -0.543. The molecule has 142 valence electrons. The van der Waals surface area contributed by atoms with Gasteiger partial charge in [0.1, 0.15) is 5.75 Å². The molecule has 0 atom stereocenters. The lowest BCUT2D eigenvalue weighted by Gasteiger charge is -2.14. The fourth-order valence-electron chi connectivity index (χ4n) is 2.50. The van der Waals surface area contributed by atoms with Crippen LogP contribution in [0.5, 0.6) is 5.75 Å². The molecule has 0 unspecified atom stereocenters. The van der Waals surface area contributed by atoms with Crippen LogP contribution in [0.15, 0.2) is 47.4 Å². The van der Waals surface area contributed by atoms with Gasteiger partial charge >= 0.3 is 0 Å². The van der Waals surface area contributed by atoms with Crippen LogP contribution in [0, 0.1) is 20.2 Å². The molecule has 2 aromatic rings. The number of ether oxygens (including phenoxy) is 1. The van der Waals surface area contributed by atoms with Gasteiger partial charge < -0.3 is 4.74 Å². The van der Waals surface area contributed by atoms with Gasteiger partial charge in [-0.1, -0.05) is 24.0 Å². The van der Waals surface area contributed by atoms with Crippen LogP contribution < -0.4 is 9.64 Å². The minimum Gasteiger partial charge on any atom is -0.496 e. The maximum Gasteiger partial charge on any atom is 0.270 e. The monoisotopic (exact) mass is 417 g/mol. The lowest BCUT2D eigenvalue weighted by Crippen LogP contribution is -2.27. The van der Waals surface area contributed by atoms with Crippen LogP contribution in [-0.4, -0.2) is 27.2 Å². The third-order valence-corrected chi connectivity index (χ3v) is 5.13. The Kier molecular flexibility index (Phi) is 5.38. The van der Waals surface area contributed by atoms with Crippen molar-refractivity contribution < 1.29 is 19.4 Å². The highest BCUT2D eigenvalue weighted by Crippen LogP contribution is 2.38. The molecule has 1 fully saturated rings. The largest absolute Gasteiger partial charge is 0.496 e. The SMILES string of the molecule is COc1ccc([N+](=O)[O-])cc1/C=C1\SC(=S)N(c2ccc([N+](=O)[O-])cc2)C1=O. The van der Waals surface area contributed by atoms with E-state index in [0.717, 1.165) is 11.8 Å². The molecule has 1 amide bonds. The Labute approximate surface area is 167 Å². The molecule has 1 aliphatic heterocycles. The van der Waals surface area contributed by atoms with Crippen LogP contribution in [-0.2, 0) is 4.79 Å². The number of thioether (sulfide) groups is 1. The zero-order chi connectivity index (χ0) is 20.4. The number of nitro groups is 2. The number of nitro benzene ring substituents is 2. The van der Waals surface area contributed by atoms with Crippen molar-refractivity contribution in [2.45, 2.75) is 0 Å². The Balaban J connectivity index is 1.96. The number of anilines is 1. The average Bonchev–Trinajstić information content (AvgIpc) is 2.95. The van der Waals surface area contributed by atoms with E-state index in [4.69, 9.17) is 17.0 Å². The topological polar surface area (TPSA) is 116 Å². The predicted molar refractivity (Wildman–Crippen MR) is 108 cm³/mol. The van der Waals surface area contributed by atoms with Crippen molar-refractivity contribution in [1.82, 2.24) is 0 Å². The molecular weight excluding hydrogens is 406 g/mol. The molecule has 2 aromatic carbocycles. The van der Waals surface area contributed by atoms with Gasteiger partial charge in [0.15, 0.2) is 4.32 Å². The van der Waals surface area contributed by atoms with Gasteiger partial charge in [0.2, 0.25) is 0 Å². The first-order chi connectivity index (χ1) is 13.3. The molecule has 0 bridgehead atoms. The number of nitrogens with zero attached hydrogens (tertiary/aromatic N) is 3. The van der Waals surface area contributed by atoms with Crippen LogP contribution in [0.1, 0.15) is 5.56 Å². The number of benzene rings is 2. The van der Waals surface area contributed by atoms with E-state index < -0.39 is 15.8 Å². The van der Waals surface area contributed by atoms with E-state index in [9.17, 15) is 25.0 Å². The molecule has 3 rings (SSSR count). The van der Waals surface area contributed by atoms with Gasteiger partial charge in [-0.3, -0.25) is 29.9 Å². The van der Waals surface area contributed by atoms with E-state index in [2.05, 4.69) is 0 Å². The summed E-state index contributed by atoms with van der Waals surface area (Å²) in [5.41, 5.74) is 0.507. The molecule has 0 N–H and O–H groups in total. The van der Waals surface area contributed by atoms with Gasteiger partial charge in [0.25, 0.3) is 17.3 Å². The molecule has 0 radical (unpaired) electrons. The normalized spacial score (nSPS) is 15.2. The van der Waals surface area contributed by atoms with Crippen molar-refractivity contribution in [3.05, 3.63) is 73.2 Å². The molecule has 1 aliphatic rings. The lowest BCUT2D eigenvalue weighted by molar-refractivity contribution is -0.385. The smallest absolute Gasteiger partial charge is 0.270 e. The number of carbonyl (C=O) groups excluding carboxylic acids is 1. The highest BCUT2D eigenvalue weighted by Gasteiger charge is 2.33. The number of non-ortho nitro benzene ring substituents is 2. The van der Waals surface area contributed by atoms with E-state index >= 15 is 0 Å². The van der Waals surface area contributed by atoms with Crippen LogP contribution in [0.4, 0.5) is 17.1 Å². The average molecular weight is 417 g/mol. The van der Waals surface area contributed by atoms with Crippen molar-refractivity contribution in [3.63, 3.8) is 0 Å². The van der Waals surface area contributed by atoms with Crippen molar-refractivity contribution in [1.29, 1.82) is 0 Å². The first-order valence-electron chi connectivity index (χ1n) is 7.66. The van der Waals surface area contributed by atoms with Crippen molar-refractivity contribution in [3.8, 4) is 5.75 Å². The van der Waals surface area contributed by atoms with Gasteiger partial charge in [-0.25, -0.2) is 0 Å². The van der Waals surface area contributed by atoms with Crippen LogP contribution in [0.2, 0.25) is 0 Å². The quantitative estimate of drug-likeness (QED) is 0.311. The van der Waals surface area contributed by atoms with E-state index in [-0.39, 0.29) is 20.6 Å². The Morgan fingerprint density at radius 3 is 2.25 bits per heavy atom. The van der Waals surface area contributed by atoms with E-state index in [1.165, 1.54) is 60.6 Å². The maximum absolute atomic E-state index is 12.8. The number of hydrogen-bond acceptors (Lipinski definition) is 8. The summed E-state index contributed by atoms with van der Waals surface area (Å²) in [5.74, 6) is -0.0661. The maximum atomic E-state index is 12.8. The van der Waals surface area contributed by atoms with E-state index in [0.29, 0.717) is 17.0 Å². The predicted octanol–water partition coefficient (Wildman–Crippen LogP) is 3.92. The fourth-order valence-corrected chi connectivity index (χ4v) is 3.79. The second-order valence-electron chi connectivity index (χ2n) is 5.47. The van der Waals surface area contributed by atoms with Crippen molar-refractivity contribution in [2.75, 3.05) is 12.0 Å². The van der Waals surface area contributed by atoms with Crippen LogP contribution in [0.25, 0.3) is 6.08 Å². The second kappa shape index (κ2) is 7.74. The summed E-state index contributed by atoms with van der Waals surface area (Å²) in [5, 5.41) is 21.8. The summed E-state index contributed by atoms with van der Waals surface area (Å²) in [6.07, 6.45) is 1.47. The first kappa shape index (κ1) is 19.5. The standard InChI is InChI=1S/C17H11N3O6S2/c1-26-14-7-6-13(20(24)25)8-10(14)9-15-16(21)18(17(27)28-15)11-2-4-12(5-3-11)19(22)23/h2-9H,1H3/b15-9-. The van der Waals surface area contributed by atoms with Gasteiger partial charge in [0.05, 0.1) is 27.5 Å². The molecule has 0 aliphatic carbocycles. The summed E-state index contributed by atoms with van der Waals surface area (Å²) < 4.78 is 5.45. The summed E-state index contributed by atoms with van der Waals surface area (Å²) in [7, 11) is 1.42. The minimum absolute atomic E-state index is 0.105. The molecule has 0 saturated carbocycles. The number of hydrogen-bond donors (Lipinski definition) is 0. The molecule has 9 nitrogen and oxygen atoms in total. The Bertz CT molecular complexity index is 1040. The number of methoxy groups -OCH3 is 1. The fraction of sp³-hybridized carbons (Fsp3) is 0.0588. The van der Waals surface area contributed by atoms with Crippen LogP contribution >= 0.6 is 24.0 Å². The Morgan fingerprint density at radius 2 is 1.68 bits per heavy atom. The first-order valence-corrected chi connectivity index (χ1v) is 8.89. The number of thiocarbonyl (C=S) groups is 1. The molecule has 28 heavy (non-hydrogen) atoms. The van der Waals surface area contributed by atoms with E-state index in [1.807, 2.05) is 0 Å². The number of rotatable bonds is 5. The zero-order valence-electron chi connectivity index (χ0n) is 14.2. The molecular formula is C17H11N3O6S2. The highest BCUT2D eigenvalue weighted by molar-refractivity contribution is 8.27. The van der Waals surface area contributed by atoms with Crippen molar-refractivity contribution in [2.24, 2.45) is 0 Å². The van der Waals surface area contributed by atoms with Gasteiger partial charge in [-0.05, 0) is 24.3 Å². The molecule has 0 aromatic heterocycles. The molecule has 11 heteroatoms. The van der Waals surface area contributed by atoms with Gasteiger partial charge in [0, 0.05) is 29.8 Å². The summed E-state index contributed by atoms with van der Waals surface area (Å²) in [6, 6.07) is 9.47. The zero-order valence-corrected chi connectivity index (χ0v) is 15.9.